The minimum absolute atomic E-state index is 0.0395. The second-order valence-corrected chi connectivity index (χ2v) is 4.39. The Morgan fingerprint density at radius 2 is 2.05 bits per heavy atom. The molecule has 0 bridgehead atoms. The second kappa shape index (κ2) is 5.48. The van der Waals surface area contributed by atoms with Crippen molar-refractivity contribution in [3.05, 3.63) is 52.9 Å². The molecule has 1 aromatic carbocycles. The van der Waals surface area contributed by atoms with E-state index in [4.69, 9.17) is 0 Å². The summed E-state index contributed by atoms with van der Waals surface area (Å²) in [6, 6.07) is 3.96. The summed E-state index contributed by atoms with van der Waals surface area (Å²) < 4.78 is 29.9. The smallest absolute Gasteiger partial charge is 0.134 e. The molecule has 0 aliphatic heterocycles. The molecule has 19 heavy (non-hydrogen) atoms. The number of nitrogens with zero attached hydrogens (tertiary/aromatic N) is 2. The van der Waals surface area contributed by atoms with Crippen LogP contribution in [0.1, 0.15) is 29.8 Å². The van der Waals surface area contributed by atoms with E-state index in [2.05, 4.69) is 10.4 Å². The largest absolute Gasteiger partial charge is 0.308 e. The Bertz CT molecular complexity index is 578. The molecule has 0 aliphatic carbocycles. The van der Waals surface area contributed by atoms with Gasteiger partial charge >= 0.3 is 0 Å². The third-order valence-electron chi connectivity index (χ3n) is 3.24. The van der Waals surface area contributed by atoms with Gasteiger partial charge in [-0.2, -0.15) is 5.10 Å². The summed E-state index contributed by atoms with van der Waals surface area (Å²) >= 11 is 0. The van der Waals surface area contributed by atoms with Gasteiger partial charge in [0.05, 0.1) is 11.7 Å². The van der Waals surface area contributed by atoms with E-state index in [1.165, 1.54) is 12.1 Å². The summed E-state index contributed by atoms with van der Waals surface area (Å²) in [6.45, 7) is 4.21. The molecule has 1 atom stereocenters. The molecular weight excluding hydrogens is 248 g/mol. The van der Waals surface area contributed by atoms with Gasteiger partial charge in [-0.3, -0.25) is 4.68 Å². The molecule has 0 amide bonds. The van der Waals surface area contributed by atoms with E-state index in [-0.39, 0.29) is 5.56 Å². The lowest BCUT2D eigenvalue weighted by Gasteiger charge is -2.20. The maximum absolute atomic E-state index is 14.2. The number of nitrogens with one attached hydrogen (secondary N) is 1. The van der Waals surface area contributed by atoms with Crippen molar-refractivity contribution in [2.45, 2.75) is 26.4 Å². The molecule has 2 aromatic rings. The molecule has 0 saturated heterocycles. The number of hydrogen-bond donors (Lipinski definition) is 1. The van der Waals surface area contributed by atoms with E-state index in [0.717, 1.165) is 5.69 Å². The molecule has 1 N–H and O–H groups in total. The zero-order valence-corrected chi connectivity index (χ0v) is 11.2. The Morgan fingerprint density at radius 1 is 1.32 bits per heavy atom. The Labute approximate surface area is 111 Å². The predicted octanol–water partition coefficient (Wildman–Crippen LogP) is 2.80. The predicted molar refractivity (Wildman–Crippen MR) is 69.9 cm³/mol. The fourth-order valence-electron chi connectivity index (χ4n) is 2.24. The lowest BCUT2D eigenvalue weighted by molar-refractivity contribution is 0.494. The highest BCUT2D eigenvalue weighted by atomic mass is 19.1. The SMILES string of the molecule is CCn1nccc1C(NC)c1c(F)ccc(C)c1F. The number of benzene rings is 1. The normalized spacial score (nSPS) is 12.7. The molecule has 0 radical (unpaired) electrons. The number of rotatable bonds is 4. The van der Waals surface area contributed by atoms with Crippen LogP contribution in [0.25, 0.3) is 0 Å². The standard InChI is InChI=1S/C14H17F2N3/c1-4-19-11(7-8-18-19)14(17-3)12-10(15)6-5-9(2)13(12)16/h5-8,14,17H,4H2,1-3H3. The second-order valence-electron chi connectivity index (χ2n) is 4.39. The van der Waals surface area contributed by atoms with Crippen LogP contribution >= 0.6 is 0 Å². The Kier molecular flexibility index (Phi) is 3.95. The number of hydrogen-bond acceptors (Lipinski definition) is 2. The topological polar surface area (TPSA) is 29.9 Å². The minimum atomic E-state index is -0.553. The Balaban J connectivity index is 2.58. The van der Waals surface area contributed by atoms with Crippen molar-refractivity contribution in [2.24, 2.45) is 0 Å². The lowest BCUT2D eigenvalue weighted by atomic mass is 10.00. The minimum Gasteiger partial charge on any atom is -0.308 e. The van der Waals surface area contributed by atoms with Gasteiger partial charge in [-0.15, -0.1) is 0 Å². The van der Waals surface area contributed by atoms with Crippen LogP contribution in [0.2, 0.25) is 0 Å². The third-order valence-corrected chi connectivity index (χ3v) is 3.24. The van der Waals surface area contributed by atoms with Gasteiger partial charge in [-0.05, 0) is 38.6 Å². The number of halogens is 2. The lowest BCUT2D eigenvalue weighted by Crippen LogP contribution is -2.24. The van der Waals surface area contributed by atoms with Crippen LogP contribution in [-0.4, -0.2) is 16.8 Å². The van der Waals surface area contributed by atoms with Crippen LogP contribution in [0.4, 0.5) is 8.78 Å². The fraction of sp³-hybridized carbons (Fsp3) is 0.357. The van der Waals surface area contributed by atoms with Gasteiger partial charge in [0.25, 0.3) is 0 Å². The molecule has 5 heteroatoms. The first-order valence-corrected chi connectivity index (χ1v) is 6.23. The molecule has 0 aliphatic rings. The van der Waals surface area contributed by atoms with E-state index >= 15 is 0 Å². The molecular formula is C14H17F2N3. The maximum Gasteiger partial charge on any atom is 0.134 e. The van der Waals surface area contributed by atoms with E-state index in [0.29, 0.717) is 12.1 Å². The monoisotopic (exact) mass is 265 g/mol. The molecule has 102 valence electrons. The zero-order chi connectivity index (χ0) is 14.0. The van der Waals surface area contributed by atoms with E-state index < -0.39 is 17.7 Å². The third kappa shape index (κ3) is 2.38. The summed E-state index contributed by atoms with van der Waals surface area (Å²) in [5.74, 6) is -1.06. The highest BCUT2D eigenvalue weighted by Gasteiger charge is 2.24. The van der Waals surface area contributed by atoms with Crippen molar-refractivity contribution in [3.8, 4) is 0 Å². The van der Waals surface area contributed by atoms with Crippen LogP contribution < -0.4 is 5.32 Å². The summed E-state index contributed by atoms with van der Waals surface area (Å²) in [7, 11) is 1.68. The van der Waals surface area contributed by atoms with Crippen molar-refractivity contribution in [3.63, 3.8) is 0 Å². The van der Waals surface area contributed by atoms with Gasteiger partial charge in [0, 0.05) is 18.3 Å². The van der Waals surface area contributed by atoms with E-state index in [1.807, 2.05) is 6.92 Å². The summed E-state index contributed by atoms with van der Waals surface area (Å²) in [5.41, 5.74) is 1.21. The maximum atomic E-state index is 14.2. The molecule has 3 nitrogen and oxygen atoms in total. The first-order valence-electron chi connectivity index (χ1n) is 6.23. The van der Waals surface area contributed by atoms with Crippen molar-refractivity contribution < 1.29 is 8.78 Å². The van der Waals surface area contributed by atoms with Crippen molar-refractivity contribution >= 4 is 0 Å². The van der Waals surface area contributed by atoms with Gasteiger partial charge in [0.15, 0.2) is 0 Å². The van der Waals surface area contributed by atoms with E-state index in [1.54, 1.807) is 30.9 Å². The highest BCUT2D eigenvalue weighted by Crippen LogP contribution is 2.28. The summed E-state index contributed by atoms with van der Waals surface area (Å²) in [5, 5.41) is 7.11. The zero-order valence-electron chi connectivity index (χ0n) is 11.2. The average Bonchev–Trinajstić information content (AvgIpc) is 2.87. The first-order chi connectivity index (χ1) is 9.10. The molecule has 0 saturated carbocycles. The first kappa shape index (κ1) is 13.7. The van der Waals surface area contributed by atoms with Crippen molar-refractivity contribution in [2.75, 3.05) is 7.05 Å². The number of aromatic nitrogens is 2. The van der Waals surface area contributed by atoms with Crippen LogP contribution in [0, 0.1) is 18.6 Å². The highest BCUT2D eigenvalue weighted by molar-refractivity contribution is 5.34. The molecule has 0 fully saturated rings. The van der Waals surface area contributed by atoms with Crippen molar-refractivity contribution in [1.29, 1.82) is 0 Å². The molecule has 1 aromatic heterocycles. The average molecular weight is 265 g/mol. The van der Waals surface area contributed by atoms with Crippen LogP contribution in [0.3, 0.4) is 0 Å². The molecule has 1 unspecified atom stereocenters. The van der Waals surface area contributed by atoms with Crippen LogP contribution in [-0.2, 0) is 6.54 Å². The van der Waals surface area contributed by atoms with Gasteiger partial charge in [0.1, 0.15) is 11.6 Å². The van der Waals surface area contributed by atoms with Gasteiger partial charge in [0.2, 0.25) is 0 Å². The molecule has 1 heterocycles. The summed E-state index contributed by atoms with van der Waals surface area (Å²) in [4.78, 5) is 0. The van der Waals surface area contributed by atoms with Gasteiger partial charge < -0.3 is 5.32 Å². The Hall–Kier alpha value is -1.75. The van der Waals surface area contributed by atoms with Crippen molar-refractivity contribution in [1.82, 2.24) is 15.1 Å². The van der Waals surface area contributed by atoms with Gasteiger partial charge in [-0.25, -0.2) is 8.78 Å². The van der Waals surface area contributed by atoms with E-state index in [9.17, 15) is 8.78 Å². The Morgan fingerprint density at radius 3 is 2.68 bits per heavy atom. The number of aryl methyl sites for hydroxylation is 2. The molecule has 0 spiro atoms. The summed E-state index contributed by atoms with van der Waals surface area (Å²) in [6.07, 6.45) is 1.63. The van der Waals surface area contributed by atoms with Crippen LogP contribution in [0.15, 0.2) is 24.4 Å². The fourth-order valence-corrected chi connectivity index (χ4v) is 2.24. The van der Waals surface area contributed by atoms with Crippen LogP contribution in [0.5, 0.6) is 0 Å². The molecule has 2 rings (SSSR count). The quantitative estimate of drug-likeness (QED) is 0.921. The van der Waals surface area contributed by atoms with Gasteiger partial charge in [-0.1, -0.05) is 6.07 Å².